The largest absolute Gasteiger partial charge is 0.399 e. The van der Waals surface area contributed by atoms with E-state index in [0.717, 1.165) is 10.6 Å². The van der Waals surface area contributed by atoms with Crippen LogP contribution in [0.2, 0.25) is 5.02 Å². The summed E-state index contributed by atoms with van der Waals surface area (Å²) in [6, 6.07) is 5.48. The van der Waals surface area contributed by atoms with Crippen LogP contribution in [0.15, 0.2) is 34.7 Å². The highest BCUT2D eigenvalue weighted by Gasteiger charge is 1.99. The van der Waals surface area contributed by atoms with E-state index in [0.29, 0.717) is 10.7 Å². The summed E-state index contributed by atoms with van der Waals surface area (Å²) in [6.07, 6.45) is 1.86. The first-order chi connectivity index (χ1) is 6.24. The van der Waals surface area contributed by atoms with E-state index in [-0.39, 0.29) is 0 Å². The van der Waals surface area contributed by atoms with Crippen LogP contribution < -0.4 is 5.73 Å². The standard InChI is InChI=1S/C9H9Cl2NS/c10-4-1-5-13-9-3-2-7(12)6-8(9)11/h1-4,6H,5,12H2/b4-1+. The zero-order chi connectivity index (χ0) is 9.68. The Morgan fingerprint density at radius 1 is 1.46 bits per heavy atom. The monoisotopic (exact) mass is 233 g/mol. The van der Waals surface area contributed by atoms with Gasteiger partial charge in [0, 0.05) is 21.9 Å². The molecule has 0 heterocycles. The number of nitrogens with two attached hydrogens (primary N) is 1. The average Bonchev–Trinajstić information content (AvgIpc) is 2.09. The van der Waals surface area contributed by atoms with Gasteiger partial charge in [-0.3, -0.25) is 0 Å². The molecule has 70 valence electrons. The summed E-state index contributed by atoms with van der Waals surface area (Å²) in [7, 11) is 0. The molecule has 1 nitrogen and oxygen atoms in total. The molecular formula is C9H9Cl2NS. The molecule has 0 saturated carbocycles. The van der Waals surface area contributed by atoms with Crippen molar-refractivity contribution in [3.05, 3.63) is 34.8 Å². The minimum Gasteiger partial charge on any atom is -0.399 e. The Morgan fingerprint density at radius 3 is 2.85 bits per heavy atom. The number of rotatable bonds is 3. The summed E-state index contributed by atoms with van der Waals surface area (Å²) < 4.78 is 0. The maximum atomic E-state index is 5.95. The van der Waals surface area contributed by atoms with Crippen LogP contribution in [0.1, 0.15) is 0 Å². The Kier molecular flexibility index (Phi) is 4.50. The first-order valence-electron chi connectivity index (χ1n) is 3.67. The zero-order valence-electron chi connectivity index (χ0n) is 6.84. The third-order valence-electron chi connectivity index (χ3n) is 1.38. The molecule has 0 saturated heterocycles. The SMILES string of the molecule is Nc1ccc(SC/C=C/Cl)c(Cl)c1. The molecule has 0 bridgehead atoms. The Labute approximate surface area is 91.9 Å². The van der Waals surface area contributed by atoms with Gasteiger partial charge in [0.1, 0.15) is 0 Å². The van der Waals surface area contributed by atoms with Gasteiger partial charge >= 0.3 is 0 Å². The van der Waals surface area contributed by atoms with Crippen molar-refractivity contribution in [1.29, 1.82) is 0 Å². The third-order valence-corrected chi connectivity index (χ3v) is 3.01. The molecule has 0 aliphatic carbocycles. The highest BCUT2D eigenvalue weighted by atomic mass is 35.5. The van der Waals surface area contributed by atoms with Gasteiger partial charge in [0.15, 0.2) is 0 Å². The van der Waals surface area contributed by atoms with Gasteiger partial charge in [-0.25, -0.2) is 0 Å². The zero-order valence-corrected chi connectivity index (χ0v) is 9.16. The van der Waals surface area contributed by atoms with Crippen molar-refractivity contribution >= 4 is 40.7 Å². The number of thioether (sulfide) groups is 1. The van der Waals surface area contributed by atoms with Crippen molar-refractivity contribution in [2.75, 3.05) is 11.5 Å². The normalized spacial score (nSPS) is 10.9. The molecule has 0 spiro atoms. The molecule has 2 N–H and O–H groups in total. The highest BCUT2D eigenvalue weighted by Crippen LogP contribution is 2.28. The Morgan fingerprint density at radius 2 is 2.23 bits per heavy atom. The van der Waals surface area contributed by atoms with Gasteiger partial charge in [-0.2, -0.15) is 0 Å². The molecule has 1 rings (SSSR count). The van der Waals surface area contributed by atoms with E-state index >= 15 is 0 Å². The van der Waals surface area contributed by atoms with Gasteiger partial charge in [-0.15, -0.1) is 11.8 Å². The number of nitrogen functional groups attached to an aromatic ring is 1. The third kappa shape index (κ3) is 3.51. The predicted octanol–water partition coefficient (Wildman–Crippen LogP) is 3.77. The van der Waals surface area contributed by atoms with Crippen LogP contribution in [0, 0.1) is 0 Å². The Balaban J connectivity index is 2.66. The van der Waals surface area contributed by atoms with E-state index in [9.17, 15) is 0 Å². The van der Waals surface area contributed by atoms with Gasteiger partial charge in [-0.1, -0.05) is 29.3 Å². The maximum absolute atomic E-state index is 5.95. The maximum Gasteiger partial charge on any atom is 0.0562 e. The van der Waals surface area contributed by atoms with E-state index in [1.165, 1.54) is 5.54 Å². The molecule has 1 aromatic carbocycles. The Hall–Kier alpha value is -0.310. The number of hydrogen-bond donors (Lipinski definition) is 1. The summed E-state index contributed by atoms with van der Waals surface area (Å²) in [6.45, 7) is 0. The van der Waals surface area contributed by atoms with Crippen molar-refractivity contribution in [2.24, 2.45) is 0 Å². The summed E-state index contributed by atoms with van der Waals surface area (Å²) in [5.74, 6) is 0.813. The van der Waals surface area contributed by atoms with Gasteiger partial charge in [0.05, 0.1) is 5.02 Å². The fourth-order valence-corrected chi connectivity index (χ4v) is 2.09. The first kappa shape index (κ1) is 10.8. The molecule has 1 aromatic rings. The number of anilines is 1. The molecule has 0 radical (unpaired) electrons. The van der Waals surface area contributed by atoms with E-state index in [2.05, 4.69) is 0 Å². The lowest BCUT2D eigenvalue weighted by molar-refractivity contribution is 1.46. The average molecular weight is 234 g/mol. The van der Waals surface area contributed by atoms with Crippen LogP contribution in [-0.2, 0) is 0 Å². The molecule has 4 heteroatoms. The number of halogens is 2. The lowest BCUT2D eigenvalue weighted by Gasteiger charge is -2.02. The van der Waals surface area contributed by atoms with Crippen LogP contribution in [0.25, 0.3) is 0 Å². The topological polar surface area (TPSA) is 26.0 Å². The van der Waals surface area contributed by atoms with Crippen LogP contribution >= 0.6 is 35.0 Å². The summed E-state index contributed by atoms with van der Waals surface area (Å²) >= 11 is 13.0. The van der Waals surface area contributed by atoms with E-state index in [1.807, 2.05) is 18.2 Å². The highest BCUT2D eigenvalue weighted by molar-refractivity contribution is 7.99. The van der Waals surface area contributed by atoms with Crippen molar-refractivity contribution in [3.8, 4) is 0 Å². The van der Waals surface area contributed by atoms with Crippen LogP contribution in [-0.4, -0.2) is 5.75 Å². The summed E-state index contributed by atoms with van der Waals surface area (Å²) in [5, 5.41) is 0.688. The molecular weight excluding hydrogens is 225 g/mol. The van der Waals surface area contributed by atoms with Gasteiger partial charge in [0.25, 0.3) is 0 Å². The molecule has 0 aromatic heterocycles. The van der Waals surface area contributed by atoms with E-state index < -0.39 is 0 Å². The lowest BCUT2D eigenvalue weighted by Crippen LogP contribution is -1.84. The van der Waals surface area contributed by atoms with Crippen molar-refractivity contribution < 1.29 is 0 Å². The van der Waals surface area contributed by atoms with Crippen molar-refractivity contribution in [3.63, 3.8) is 0 Å². The summed E-state index contributed by atoms with van der Waals surface area (Å²) in [5.41, 5.74) is 7.73. The lowest BCUT2D eigenvalue weighted by atomic mass is 10.3. The van der Waals surface area contributed by atoms with E-state index in [4.69, 9.17) is 28.9 Å². The quantitative estimate of drug-likeness (QED) is 0.636. The first-order valence-corrected chi connectivity index (χ1v) is 5.47. The second-order valence-corrected chi connectivity index (χ2v) is 4.08. The molecule has 0 aliphatic rings. The molecule has 0 atom stereocenters. The fraction of sp³-hybridized carbons (Fsp3) is 0.111. The smallest absolute Gasteiger partial charge is 0.0562 e. The second-order valence-electron chi connectivity index (χ2n) is 2.36. The van der Waals surface area contributed by atoms with Crippen LogP contribution in [0.4, 0.5) is 5.69 Å². The van der Waals surface area contributed by atoms with Crippen molar-refractivity contribution in [1.82, 2.24) is 0 Å². The molecule has 13 heavy (non-hydrogen) atoms. The Bertz CT molecular complexity index is 312. The van der Waals surface area contributed by atoms with Gasteiger partial charge in [0.2, 0.25) is 0 Å². The molecule has 0 unspecified atom stereocenters. The fourth-order valence-electron chi connectivity index (χ4n) is 0.808. The van der Waals surface area contributed by atoms with Crippen LogP contribution in [0.5, 0.6) is 0 Å². The predicted molar refractivity (Wildman–Crippen MR) is 61.6 cm³/mol. The minimum absolute atomic E-state index is 0.683. The number of hydrogen-bond acceptors (Lipinski definition) is 2. The molecule has 0 fully saturated rings. The molecule has 0 amide bonds. The summed E-state index contributed by atoms with van der Waals surface area (Å²) in [4.78, 5) is 1.02. The number of benzene rings is 1. The van der Waals surface area contributed by atoms with Gasteiger partial charge < -0.3 is 5.73 Å². The van der Waals surface area contributed by atoms with Crippen LogP contribution in [0.3, 0.4) is 0 Å². The van der Waals surface area contributed by atoms with E-state index in [1.54, 1.807) is 17.8 Å². The molecule has 0 aliphatic heterocycles. The van der Waals surface area contributed by atoms with Gasteiger partial charge in [-0.05, 0) is 18.2 Å². The second kappa shape index (κ2) is 5.43. The van der Waals surface area contributed by atoms with Crippen molar-refractivity contribution in [2.45, 2.75) is 4.90 Å². The minimum atomic E-state index is 0.683.